The molecule has 43 heavy (non-hydrogen) atoms. The number of hydrogen-bond donors (Lipinski definition) is 0. The number of halogens is 5. The number of benzene rings is 1. The first-order valence-electron chi connectivity index (χ1n) is 15.2. The predicted molar refractivity (Wildman–Crippen MR) is 171 cm³/mol. The van der Waals surface area contributed by atoms with Gasteiger partial charge in [0.25, 0.3) is 0 Å². The van der Waals surface area contributed by atoms with Crippen LogP contribution in [0.3, 0.4) is 0 Å². The highest BCUT2D eigenvalue weighted by atomic mass is 127. The predicted octanol–water partition coefficient (Wildman–Crippen LogP) is 9.94. The molecule has 0 bridgehead atoms. The first-order chi connectivity index (χ1) is 19.7. The maximum absolute atomic E-state index is 15.7. The van der Waals surface area contributed by atoms with Crippen LogP contribution in [0.4, 0.5) is 17.6 Å². The molecular formula is C33H44F4INO3Si. The molecule has 2 aromatic rings. The molecule has 0 radical (unpaired) electrons. The fourth-order valence-corrected chi connectivity index (χ4v) is 8.96. The van der Waals surface area contributed by atoms with Crippen molar-refractivity contribution in [2.75, 3.05) is 13.2 Å². The van der Waals surface area contributed by atoms with Crippen LogP contribution in [0.1, 0.15) is 119 Å². The number of nitrogens with zero attached hydrogens (tertiary/aromatic N) is 1. The monoisotopic (exact) mass is 733 g/mol. The van der Waals surface area contributed by atoms with Crippen LogP contribution in [-0.4, -0.2) is 30.4 Å². The molecule has 1 spiro atoms. The number of alkyl halides is 4. The van der Waals surface area contributed by atoms with E-state index >= 15 is 4.39 Å². The highest BCUT2D eigenvalue weighted by molar-refractivity contribution is 14.1. The van der Waals surface area contributed by atoms with Crippen LogP contribution < -0.4 is 0 Å². The van der Waals surface area contributed by atoms with Crippen LogP contribution in [0.25, 0.3) is 0 Å². The van der Waals surface area contributed by atoms with E-state index in [0.29, 0.717) is 25.7 Å². The number of ether oxygens (including phenoxy) is 2. The molecule has 3 aliphatic rings. The van der Waals surface area contributed by atoms with Gasteiger partial charge in [0, 0.05) is 46.7 Å². The molecule has 1 saturated heterocycles. The normalized spacial score (nSPS) is 27.5. The van der Waals surface area contributed by atoms with Gasteiger partial charge in [-0.15, -0.1) is 0 Å². The highest BCUT2D eigenvalue weighted by Crippen LogP contribution is 2.60. The van der Waals surface area contributed by atoms with Gasteiger partial charge in [0.15, 0.2) is 8.32 Å². The Morgan fingerprint density at radius 1 is 1.12 bits per heavy atom. The molecule has 0 saturated carbocycles. The van der Waals surface area contributed by atoms with Gasteiger partial charge in [0.05, 0.1) is 22.2 Å². The zero-order chi connectivity index (χ0) is 31.9. The van der Waals surface area contributed by atoms with Gasteiger partial charge in [-0.3, -0.25) is 4.98 Å². The summed E-state index contributed by atoms with van der Waals surface area (Å²) < 4.78 is 76.3. The highest BCUT2D eigenvalue weighted by Gasteiger charge is 2.57. The van der Waals surface area contributed by atoms with Crippen molar-refractivity contribution in [2.45, 2.75) is 120 Å². The number of fused-ring (bicyclic) bond motifs is 4. The topological polar surface area (TPSA) is 40.6 Å². The van der Waals surface area contributed by atoms with Gasteiger partial charge < -0.3 is 13.9 Å². The molecule has 4 nitrogen and oxygen atoms in total. The summed E-state index contributed by atoms with van der Waals surface area (Å²) in [7, 11) is -2.25. The summed E-state index contributed by atoms with van der Waals surface area (Å²) in [5.74, 6) is -0.947. The molecule has 2 aliphatic heterocycles. The summed E-state index contributed by atoms with van der Waals surface area (Å²) in [5, 5.41) is -0.0201. The molecule has 4 atom stereocenters. The molecule has 1 aliphatic carbocycles. The van der Waals surface area contributed by atoms with Crippen LogP contribution >= 0.6 is 22.6 Å². The third-order valence-corrected chi connectivity index (χ3v) is 15.7. The van der Waals surface area contributed by atoms with Gasteiger partial charge in [-0.1, -0.05) is 77.1 Å². The molecule has 0 N–H and O–H groups in total. The second-order valence-corrected chi connectivity index (χ2v) is 21.4. The van der Waals surface area contributed by atoms with Crippen molar-refractivity contribution in [2.24, 2.45) is 5.41 Å². The molecule has 3 heterocycles. The Bertz CT molecular complexity index is 1400. The first kappa shape index (κ1) is 33.3. The number of rotatable bonds is 4. The lowest BCUT2D eigenvalue weighted by atomic mass is 9.70. The summed E-state index contributed by atoms with van der Waals surface area (Å²) >= 11 is 2.38. The molecule has 5 rings (SSSR count). The van der Waals surface area contributed by atoms with Gasteiger partial charge in [0.2, 0.25) is 0 Å². The Labute approximate surface area is 267 Å². The third kappa shape index (κ3) is 5.85. The Kier molecular flexibility index (Phi) is 8.53. The van der Waals surface area contributed by atoms with Crippen molar-refractivity contribution >= 4 is 30.9 Å². The van der Waals surface area contributed by atoms with Gasteiger partial charge in [-0.2, -0.15) is 13.2 Å². The second-order valence-electron chi connectivity index (χ2n) is 15.1. The average Bonchev–Trinajstić information content (AvgIpc) is 3.18. The van der Waals surface area contributed by atoms with E-state index in [1.165, 1.54) is 6.07 Å². The third-order valence-electron chi connectivity index (χ3n) is 9.89. The van der Waals surface area contributed by atoms with E-state index in [1.807, 2.05) is 0 Å². The van der Waals surface area contributed by atoms with Gasteiger partial charge in [-0.05, 0) is 54.4 Å². The smallest absolute Gasteiger partial charge is 0.410 e. The van der Waals surface area contributed by atoms with Crippen molar-refractivity contribution in [1.82, 2.24) is 4.98 Å². The summed E-state index contributed by atoms with van der Waals surface area (Å²) in [6, 6.07) is 2.77. The van der Waals surface area contributed by atoms with Crippen molar-refractivity contribution in [3.63, 3.8) is 0 Å². The Balaban J connectivity index is 1.82. The standard InChI is InChI=1S/C33H44F4INO3Si/c1-18(2)28-26-27(25-22(39-28)15-31(6,7)16-23(25)42-43(8,9)30(3,4)5)32(12-13-40-17-24(32)38)41-29(26)20-11-10-19(14-21(20)34)33(35,36)37/h10-11,14,18,23-24,29H,12-13,15-17H2,1-9H3/t23-,24?,29+,32?/m0/s1. The van der Waals surface area contributed by atoms with E-state index in [2.05, 4.69) is 84.2 Å². The molecule has 1 aromatic carbocycles. The summed E-state index contributed by atoms with van der Waals surface area (Å²) in [6.45, 7) is 20.7. The van der Waals surface area contributed by atoms with E-state index < -0.39 is 37.6 Å². The number of hydrogen-bond acceptors (Lipinski definition) is 4. The second kappa shape index (κ2) is 11.0. The van der Waals surface area contributed by atoms with Gasteiger partial charge >= 0.3 is 6.18 Å². The molecule has 1 fully saturated rings. The summed E-state index contributed by atoms with van der Waals surface area (Å²) in [4.78, 5) is 5.31. The SMILES string of the molecule is CC(C)c1nc2c(c3c1[C@@H](c1ccc(C(F)(F)F)cc1F)OC31CCOCC1I)[C@@H](O[Si](C)(C)C(C)(C)C)CC(C)(C)C2. The lowest BCUT2D eigenvalue weighted by Crippen LogP contribution is -2.47. The van der Waals surface area contributed by atoms with E-state index in [0.717, 1.165) is 47.0 Å². The van der Waals surface area contributed by atoms with Crippen molar-refractivity contribution in [3.05, 3.63) is 63.2 Å². The van der Waals surface area contributed by atoms with Gasteiger partial charge in [0.1, 0.15) is 17.5 Å². The largest absolute Gasteiger partial charge is 0.416 e. The van der Waals surface area contributed by atoms with Crippen molar-refractivity contribution < 1.29 is 31.5 Å². The maximum atomic E-state index is 15.7. The molecule has 10 heteroatoms. The Morgan fingerprint density at radius 3 is 2.35 bits per heavy atom. The Hall–Kier alpha value is -1.08. The fraction of sp³-hybridized carbons (Fsp3) is 0.667. The zero-order valence-corrected chi connectivity index (χ0v) is 29.8. The van der Waals surface area contributed by atoms with Crippen LogP contribution in [0, 0.1) is 11.2 Å². The number of pyridine rings is 1. The minimum atomic E-state index is -4.64. The van der Waals surface area contributed by atoms with Crippen LogP contribution in [-0.2, 0) is 32.1 Å². The lowest BCUT2D eigenvalue weighted by Gasteiger charge is -2.47. The number of aromatic nitrogens is 1. The lowest BCUT2D eigenvalue weighted by molar-refractivity contribution is -0.138. The van der Waals surface area contributed by atoms with Crippen LogP contribution in [0.5, 0.6) is 0 Å². The fourth-order valence-electron chi connectivity index (χ4n) is 6.67. The van der Waals surface area contributed by atoms with E-state index in [-0.39, 0.29) is 32.0 Å². The molecule has 0 amide bonds. The molecular weight excluding hydrogens is 689 g/mol. The maximum Gasteiger partial charge on any atom is 0.416 e. The minimum Gasteiger partial charge on any atom is -0.410 e. The summed E-state index contributed by atoms with van der Waals surface area (Å²) in [5.41, 5.74) is 2.86. The zero-order valence-electron chi connectivity index (χ0n) is 26.6. The summed E-state index contributed by atoms with van der Waals surface area (Å²) in [6.07, 6.45) is -3.65. The molecule has 1 aromatic heterocycles. The average molecular weight is 734 g/mol. The van der Waals surface area contributed by atoms with E-state index in [1.54, 1.807) is 0 Å². The Morgan fingerprint density at radius 2 is 1.79 bits per heavy atom. The molecule has 2 unspecified atom stereocenters. The van der Waals surface area contributed by atoms with Crippen molar-refractivity contribution in [1.29, 1.82) is 0 Å². The first-order valence-corrected chi connectivity index (χ1v) is 19.3. The van der Waals surface area contributed by atoms with E-state index in [4.69, 9.17) is 18.9 Å². The molecule has 238 valence electrons. The van der Waals surface area contributed by atoms with Gasteiger partial charge in [-0.25, -0.2) is 4.39 Å². The van der Waals surface area contributed by atoms with Crippen LogP contribution in [0.2, 0.25) is 18.1 Å². The van der Waals surface area contributed by atoms with Crippen LogP contribution in [0.15, 0.2) is 18.2 Å². The van der Waals surface area contributed by atoms with E-state index in [9.17, 15) is 13.2 Å². The quantitative estimate of drug-likeness (QED) is 0.136. The van der Waals surface area contributed by atoms with Crippen molar-refractivity contribution in [3.8, 4) is 0 Å². The minimum absolute atomic E-state index is 0.0184.